The highest BCUT2D eigenvalue weighted by Crippen LogP contribution is 2.24. The van der Waals surface area contributed by atoms with Crippen molar-refractivity contribution in [3.63, 3.8) is 0 Å². The van der Waals surface area contributed by atoms with Crippen LogP contribution in [-0.4, -0.2) is 25.1 Å². The van der Waals surface area contributed by atoms with E-state index in [-0.39, 0.29) is 5.91 Å². The highest BCUT2D eigenvalue weighted by molar-refractivity contribution is 6.33. The number of hydrogen-bond acceptors (Lipinski definition) is 4. The first kappa shape index (κ1) is 17.8. The van der Waals surface area contributed by atoms with Gasteiger partial charge in [-0.25, -0.2) is 4.79 Å². The van der Waals surface area contributed by atoms with Gasteiger partial charge in [0.15, 0.2) is 6.10 Å². The molecule has 0 fully saturated rings. The number of rotatable bonds is 5. The second-order valence-corrected chi connectivity index (χ2v) is 5.66. The molecule has 0 heterocycles. The summed E-state index contributed by atoms with van der Waals surface area (Å²) in [6.45, 7) is 3.60. The highest BCUT2D eigenvalue weighted by Gasteiger charge is 2.17. The Hall–Kier alpha value is -2.53. The average Bonchev–Trinajstić information content (AvgIpc) is 2.58. The minimum Gasteiger partial charge on any atom is -0.481 e. The maximum Gasteiger partial charge on any atom is 0.337 e. The Morgan fingerprint density at radius 1 is 1.12 bits per heavy atom. The summed E-state index contributed by atoms with van der Waals surface area (Å²) >= 11 is 6.06. The van der Waals surface area contributed by atoms with Crippen molar-refractivity contribution in [2.75, 3.05) is 12.4 Å². The Labute approximate surface area is 145 Å². The summed E-state index contributed by atoms with van der Waals surface area (Å²) in [6.07, 6.45) is -0.731. The number of nitrogens with one attached hydrogen (secondary N) is 1. The number of benzene rings is 2. The molecule has 0 aliphatic carbocycles. The van der Waals surface area contributed by atoms with E-state index in [1.807, 2.05) is 19.1 Å². The van der Waals surface area contributed by atoms with Crippen LogP contribution in [0, 0.1) is 6.92 Å². The van der Waals surface area contributed by atoms with Crippen molar-refractivity contribution >= 4 is 29.2 Å². The van der Waals surface area contributed by atoms with Crippen molar-refractivity contribution in [1.82, 2.24) is 0 Å². The second kappa shape index (κ2) is 7.84. The number of hydrogen-bond donors (Lipinski definition) is 1. The molecule has 2 rings (SSSR count). The van der Waals surface area contributed by atoms with Crippen molar-refractivity contribution < 1.29 is 19.1 Å². The van der Waals surface area contributed by atoms with Crippen LogP contribution in [0.1, 0.15) is 22.8 Å². The fraction of sp³-hybridized carbons (Fsp3) is 0.222. The van der Waals surface area contributed by atoms with E-state index in [0.29, 0.717) is 22.0 Å². The lowest BCUT2D eigenvalue weighted by atomic mass is 10.2. The van der Waals surface area contributed by atoms with Gasteiger partial charge in [0.2, 0.25) is 0 Å². The number of carbonyl (C=O) groups is 2. The fourth-order valence-corrected chi connectivity index (χ4v) is 2.14. The van der Waals surface area contributed by atoms with E-state index < -0.39 is 12.1 Å². The van der Waals surface area contributed by atoms with E-state index in [1.54, 1.807) is 19.1 Å². The number of amides is 1. The molecule has 2 aromatic carbocycles. The standard InChI is InChI=1S/C18H18ClNO4/c1-11-4-7-14(8-5-11)24-12(2)17(21)20-16-10-13(18(22)23-3)6-9-15(16)19/h4-10,12H,1-3H3,(H,20,21). The Bertz CT molecular complexity index is 743. The lowest BCUT2D eigenvalue weighted by Crippen LogP contribution is -2.30. The zero-order valence-corrected chi connectivity index (χ0v) is 14.4. The molecule has 1 amide bonds. The predicted molar refractivity (Wildman–Crippen MR) is 92.7 cm³/mol. The van der Waals surface area contributed by atoms with Gasteiger partial charge in [-0.05, 0) is 44.2 Å². The van der Waals surface area contributed by atoms with Gasteiger partial charge in [0, 0.05) is 0 Å². The van der Waals surface area contributed by atoms with E-state index in [1.165, 1.54) is 25.3 Å². The van der Waals surface area contributed by atoms with Gasteiger partial charge in [-0.2, -0.15) is 0 Å². The molecular formula is C18H18ClNO4. The summed E-state index contributed by atoms with van der Waals surface area (Å²) in [4.78, 5) is 23.8. The number of aryl methyl sites for hydroxylation is 1. The van der Waals surface area contributed by atoms with Crippen LogP contribution in [0.2, 0.25) is 5.02 Å². The van der Waals surface area contributed by atoms with E-state index in [4.69, 9.17) is 16.3 Å². The van der Waals surface area contributed by atoms with Gasteiger partial charge in [0.05, 0.1) is 23.4 Å². The van der Waals surface area contributed by atoms with Crippen molar-refractivity contribution in [3.05, 3.63) is 58.6 Å². The van der Waals surface area contributed by atoms with Crippen LogP contribution in [0.3, 0.4) is 0 Å². The molecule has 0 saturated carbocycles. The van der Waals surface area contributed by atoms with E-state index >= 15 is 0 Å². The molecule has 126 valence electrons. The lowest BCUT2D eigenvalue weighted by Gasteiger charge is -2.16. The predicted octanol–water partition coefficient (Wildman–Crippen LogP) is 3.84. The molecule has 0 spiro atoms. The van der Waals surface area contributed by atoms with Crippen LogP contribution in [0.15, 0.2) is 42.5 Å². The first-order valence-corrected chi connectivity index (χ1v) is 7.70. The van der Waals surface area contributed by atoms with Gasteiger partial charge in [-0.1, -0.05) is 29.3 Å². The van der Waals surface area contributed by atoms with E-state index in [2.05, 4.69) is 10.1 Å². The van der Waals surface area contributed by atoms with Gasteiger partial charge in [-0.15, -0.1) is 0 Å². The molecule has 0 bridgehead atoms. The molecule has 1 N–H and O–H groups in total. The summed E-state index contributed by atoms with van der Waals surface area (Å²) in [7, 11) is 1.28. The normalized spacial score (nSPS) is 11.5. The number of ether oxygens (including phenoxy) is 2. The third-order valence-corrected chi connectivity index (χ3v) is 3.68. The molecule has 5 nitrogen and oxygen atoms in total. The minimum absolute atomic E-state index is 0.296. The van der Waals surface area contributed by atoms with Crippen LogP contribution >= 0.6 is 11.6 Å². The van der Waals surface area contributed by atoms with Crippen LogP contribution < -0.4 is 10.1 Å². The molecule has 24 heavy (non-hydrogen) atoms. The smallest absolute Gasteiger partial charge is 0.337 e. The molecule has 1 unspecified atom stereocenters. The van der Waals surface area contributed by atoms with Crippen molar-refractivity contribution in [2.24, 2.45) is 0 Å². The minimum atomic E-state index is -0.731. The molecule has 2 aromatic rings. The first-order valence-electron chi connectivity index (χ1n) is 7.32. The summed E-state index contributed by atoms with van der Waals surface area (Å²) < 4.78 is 10.2. The van der Waals surface area contributed by atoms with Crippen LogP contribution in [0.4, 0.5) is 5.69 Å². The number of esters is 1. The third-order valence-electron chi connectivity index (χ3n) is 3.35. The molecule has 1 atom stereocenters. The van der Waals surface area contributed by atoms with Gasteiger partial charge >= 0.3 is 5.97 Å². The van der Waals surface area contributed by atoms with Gasteiger partial charge in [0.25, 0.3) is 5.91 Å². The second-order valence-electron chi connectivity index (χ2n) is 5.25. The summed E-state index contributed by atoms with van der Waals surface area (Å²) in [5, 5.41) is 2.98. The Morgan fingerprint density at radius 2 is 1.79 bits per heavy atom. The third kappa shape index (κ3) is 4.49. The van der Waals surface area contributed by atoms with E-state index in [9.17, 15) is 9.59 Å². The number of methoxy groups -OCH3 is 1. The maximum atomic E-state index is 12.3. The molecule has 6 heteroatoms. The molecule has 0 radical (unpaired) electrons. The number of halogens is 1. The number of carbonyl (C=O) groups excluding carboxylic acids is 2. The van der Waals surface area contributed by atoms with Crippen molar-refractivity contribution in [3.8, 4) is 5.75 Å². The molecule has 0 aromatic heterocycles. The fourth-order valence-electron chi connectivity index (χ4n) is 1.97. The van der Waals surface area contributed by atoms with Gasteiger partial charge in [0.1, 0.15) is 5.75 Å². The van der Waals surface area contributed by atoms with Gasteiger partial charge in [-0.3, -0.25) is 4.79 Å². The van der Waals surface area contributed by atoms with Crippen LogP contribution in [-0.2, 0) is 9.53 Å². The Kier molecular flexibility index (Phi) is 5.82. The van der Waals surface area contributed by atoms with Crippen LogP contribution in [0.5, 0.6) is 5.75 Å². The zero-order valence-electron chi connectivity index (χ0n) is 13.6. The molecule has 0 saturated heterocycles. The topological polar surface area (TPSA) is 64.6 Å². The first-order chi connectivity index (χ1) is 11.4. The zero-order chi connectivity index (χ0) is 17.7. The van der Waals surface area contributed by atoms with Crippen LogP contribution in [0.25, 0.3) is 0 Å². The van der Waals surface area contributed by atoms with E-state index in [0.717, 1.165) is 5.56 Å². The van der Waals surface area contributed by atoms with Gasteiger partial charge < -0.3 is 14.8 Å². The highest BCUT2D eigenvalue weighted by atomic mass is 35.5. The molecule has 0 aliphatic rings. The maximum absolute atomic E-state index is 12.3. The Balaban J connectivity index is 2.08. The summed E-state index contributed by atoms with van der Waals surface area (Å²) in [5.74, 6) is -0.289. The number of anilines is 1. The summed E-state index contributed by atoms with van der Waals surface area (Å²) in [5.41, 5.74) is 1.72. The molecular weight excluding hydrogens is 330 g/mol. The van der Waals surface area contributed by atoms with Crippen molar-refractivity contribution in [2.45, 2.75) is 20.0 Å². The van der Waals surface area contributed by atoms with Crippen molar-refractivity contribution in [1.29, 1.82) is 0 Å². The Morgan fingerprint density at radius 3 is 2.42 bits per heavy atom. The largest absolute Gasteiger partial charge is 0.481 e. The average molecular weight is 348 g/mol. The monoisotopic (exact) mass is 347 g/mol. The summed E-state index contributed by atoms with van der Waals surface area (Å²) in [6, 6.07) is 11.9. The SMILES string of the molecule is COC(=O)c1ccc(Cl)c(NC(=O)C(C)Oc2ccc(C)cc2)c1. The lowest BCUT2D eigenvalue weighted by molar-refractivity contribution is -0.122. The molecule has 0 aliphatic heterocycles. The quantitative estimate of drug-likeness (QED) is 0.834.